The van der Waals surface area contributed by atoms with E-state index in [0.29, 0.717) is 24.1 Å². The number of nitrogens with zero attached hydrogens (tertiary/aromatic N) is 1. The van der Waals surface area contributed by atoms with Gasteiger partial charge in [-0.2, -0.15) is 0 Å². The van der Waals surface area contributed by atoms with Gasteiger partial charge in [0.25, 0.3) is 5.91 Å². The van der Waals surface area contributed by atoms with Crippen molar-refractivity contribution in [3.63, 3.8) is 0 Å². The van der Waals surface area contributed by atoms with Gasteiger partial charge in [0.2, 0.25) is 5.91 Å². The third-order valence-corrected chi connectivity index (χ3v) is 5.45. The summed E-state index contributed by atoms with van der Waals surface area (Å²) in [6, 6.07) is 5.12. The van der Waals surface area contributed by atoms with Gasteiger partial charge >= 0.3 is 6.03 Å². The molecule has 2 aliphatic rings. The second-order valence-electron chi connectivity index (χ2n) is 7.40. The van der Waals surface area contributed by atoms with Gasteiger partial charge in [0.1, 0.15) is 11.6 Å². The highest BCUT2D eigenvalue weighted by molar-refractivity contribution is 6.11. The summed E-state index contributed by atoms with van der Waals surface area (Å²) in [7, 11) is 0. The molecule has 1 saturated carbocycles. The minimum atomic E-state index is -0.943. The normalized spacial score (nSPS) is 20.1. The van der Waals surface area contributed by atoms with Crippen molar-refractivity contribution < 1.29 is 19.2 Å². The number of Topliss-reactive ketones (excluding diaryl/α,β-unsaturated/α-hetero) is 1. The molecule has 0 unspecified atom stereocenters. The highest BCUT2D eigenvalue weighted by Crippen LogP contribution is 2.33. The fourth-order valence-corrected chi connectivity index (χ4v) is 3.84. The molecular weight excluding hydrogens is 346 g/mol. The van der Waals surface area contributed by atoms with Gasteiger partial charge in [0.15, 0.2) is 5.78 Å². The maximum atomic E-state index is 13.0. The second-order valence-corrected chi connectivity index (χ2v) is 7.40. The van der Waals surface area contributed by atoms with Crippen LogP contribution in [0.1, 0.15) is 62.7 Å². The first-order valence-corrected chi connectivity index (χ1v) is 9.42. The number of carbonyl (C=O) groups excluding carboxylic acids is 4. The van der Waals surface area contributed by atoms with E-state index in [2.05, 4.69) is 10.6 Å². The fourth-order valence-electron chi connectivity index (χ4n) is 3.84. The summed E-state index contributed by atoms with van der Waals surface area (Å²) in [6.07, 6.45) is 5.10. The van der Waals surface area contributed by atoms with E-state index < -0.39 is 23.5 Å². The van der Waals surface area contributed by atoms with Crippen LogP contribution in [0.25, 0.3) is 0 Å². The summed E-state index contributed by atoms with van der Waals surface area (Å²) < 4.78 is 0. The summed E-state index contributed by atoms with van der Waals surface area (Å²) in [5.74, 6) is -0.886. The molecule has 1 aliphatic heterocycles. The quantitative estimate of drug-likeness (QED) is 0.628. The molecule has 144 valence electrons. The Kier molecular flexibility index (Phi) is 5.30. The van der Waals surface area contributed by atoms with Crippen LogP contribution >= 0.6 is 0 Å². The van der Waals surface area contributed by atoms with E-state index in [-0.39, 0.29) is 11.7 Å². The average molecular weight is 371 g/mol. The zero-order valence-electron chi connectivity index (χ0n) is 15.7. The number of imide groups is 1. The molecule has 1 atom stereocenters. The van der Waals surface area contributed by atoms with Crippen molar-refractivity contribution in [1.29, 1.82) is 0 Å². The summed E-state index contributed by atoms with van der Waals surface area (Å²) in [4.78, 5) is 50.7. The SMILES string of the molecule is CC(=O)c1cccc(NC(=O)[C@@H](C)N2C(=O)NC3(CCCCCC3)C2=O)c1. The van der Waals surface area contributed by atoms with Gasteiger partial charge in [-0.25, -0.2) is 9.69 Å². The van der Waals surface area contributed by atoms with E-state index in [4.69, 9.17) is 0 Å². The van der Waals surface area contributed by atoms with Crippen molar-refractivity contribution in [1.82, 2.24) is 10.2 Å². The van der Waals surface area contributed by atoms with Gasteiger partial charge in [-0.15, -0.1) is 0 Å². The second kappa shape index (κ2) is 7.50. The maximum absolute atomic E-state index is 13.0. The largest absolute Gasteiger partial charge is 0.325 e. The molecule has 7 nitrogen and oxygen atoms in total. The first kappa shape index (κ1) is 19.1. The van der Waals surface area contributed by atoms with Gasteiger partial charge in [0.05, 0.1) is 0 Å². The van der Waals surface area contributed by atoms with E-state index in [0.717, 1.165) is 30.6 Å². The molecule has 0 bridgehead atoms. The Labute approximate surface area is 158 Å². The third kappa shape index (κ3) is 3.72. The van der Waals surface area contributed by atoms with Gasteiger partial charge < -0.3 is 10.6 Å². The molecule has 1 aromatic carbocycles. The third-order valence-electron chi connectivity index (χ3n) is 5.45. The smallest absolute Gasteiger partial charge is 0.324 e. The number of anilines is 1. The fraction of sp³-hybridized carbons (Fsp3) is 0.500. The molecule has 1 aromatic rings. The number of hydrogen-bond acceptors (Lipinski definition) is 4. The molecule has 2 N–H and O–H groups in total. The minimum absolute atomic E-state index is 0.108. The number of amides is 4. The lowest BCUT2D eigenvalue weighted by atomic mass is 9.90. The van der Waals surface area contributed by atoms with Crippen LogP contribution in [-0.2, 0) is 9.59 Å². The maximum Gasteiger partial charge on any atom is 0.325 e. The number of hydrogen-bond donors (Lipinski definition) is 2. The number of carbonyl (C=O) groups is 4. The molecule has 1 spiro atoms. The number of benzene rings is 1. The average Bonchev–Trinajstić information content (AvgIpc) is 2.79. The predicted molar refractivity (Wildman–Crippen MR) is 100 cm³/mol. The molecule has 1 saturated heterocycles. The van der Waals surface area contributed by atoms with Crippen molar-refractivity contribution in [2.75, 3.05) is 5.32 Å². The van der Waals surface area contributed by atoms with E-state index in [9.17, 15) is 19.2 Å². The number of urea groups is 1. The summed E-state index contributed by atoms with van der Waals surface area (Å²) in [5.41, 5.74) is 0.0695. The standard InChI is InChI=1S/C20H25N3O4/c1-13(17(25)21-16-9-7-8-15(12-16)14(2)24)23-18(26)20(22-19(23)27)10-5-3-4-6-11-20/h7-9,12-13H,3-6,10-11H2,1-2H3,(H,21,25)(H,22,27)/t13-/m1/s1. The Bertz CT molecular complexity index is 781. The zero-order chi connectivity index (χ0) is 19.6. The van der Waals surface area contributed by atoms with E-state index in [1.54, 1.807) is 24.3 Å². The van der Waals surface area contributed by atoms with Gasteiger partial charge in [0, 0.05) is 11.3 Å². The number of ketones is 1. The molecule has 0 radical (unpaired) electrons. The van der Waals surface area contributed by atoms with Gasteiger partial charge in [-0.05, 0) is 38.8 Å². The van der Waals surface area contributed by atoms with Crippen molar-refractivity contribution >= 4 is 29.3 Å². The van der Waals surface area contributed by atoms with Crippen LogP contribution in [0.5, 0.6) is 0 Å². The summed E-state index contributed by atoms with van der Waals surface area (Å²) in [6.45, 7) is 2.99. The summed E-state index contributed by atoms with van der Waals surface area (Å²) in [5, 5.41) is 5.54. The van der Waals surface area contributed by atoms with Crippen LogP contribution in [0.15, 0.2) is 24.3 Å². The van der Waals surface area contributed by atoms with Gasteiger partial charge in [-0.3, -0.25) is 14.4 Å². The Morgan fingerprint density at radius 1 is 1.15 bits per heavy atom. The van der Waals surface area contributed by atoms with Crippen LogP contribution in [0, 0.1) is 0 Å². The highest BCUT2D eigenvalue weighted by atomic mass is 16.2. The lowest BCUT2D eigenvalue weighted by Gasteiger charge is -2.26. The Balaban J connectivity index is 1.74. The molecule has 2 fully saturated rings. The Morgan fingerprint density at radius 2 is 1.81 bits per heavy atom. The summed E-state index contributed by atoms with van der Waals surface area (Å²) >= 11 is 0. The van der Waals surface area contributed by atoms with Gasteiger partial charge in [-0.1, -0.05) is 37.8 Å². The molecule has 1 aliphatic carbocycles. The molecule has 0 aromatic heterocycles. The molecule has 7 heteroatoms. The molecule has 27 heavy (non-hydrogen) atoms. The van der Waals surface area contributed by atoms with E-state index in [1.165, 1.54) is 13.8 Å². The van der Waals surface area contributed by atoms with Crippen molar-refractivity contribution in [2.45, 2.75) is 64.0 Å². The van der Waals surface area contributed by atoms with Crippen LogP contribution < -0.4 is 10.6 Å². The monoisotopic (exact) mass is 371 g/mol. The Hall–Kier alpha value is -2.70. The molecular formula is C20H25N3O4. The van der Waals surface area contributed by atoms with Crippen molar-refractivity contribution in [3.8, 4) is 0 Å². The molecule has 4 amide bonds. The van der Waals surface area contributed by atoms with Crippen molar-refractivity contribution in [2.24, 2.45) is 0 Å². The van der Waals surface area contributed by atoms with Crippen LogP contribution in [0.4, 0.5) is 10.5 Å². The lowest BCUT2D eigenvalue weighted by Crippen LogP contribution is -2.49. The van der Waals surface area contributed by atoms with Crippen LogP contribution in [0.3, 0.4) is 0 Å². The van der Waals surface area contributed by atoms with Crippen LogP contribution in [0.2, 0.25) is 0 Å². The lowest BCUT2D eigenvalue weighted by molar-refractivity contribution is -0.136. The Morgan fingerprint density at radius 3 is 2.44 bits per heavy atom. The van der Waals surface area contributed by atoms with E-state index in [1.807, 2.05) is 0 Å². The topological polar surface area (TPSA) is 95.6 Å². The molecule has 1 heterocycles. The highest BCUT2D eigenvalue weighted by Gasteiger charge is 2.53. The first-order valence-electron chi connectivity index (χ1n) is 9.42. The van der Waals surface area contributed by atoms with Crippen molar-refractivity contribution in [3.05, 3.63) is 29.8 Å². The number of rotatable bonds is 4. The molecule has 3 rings (SSSR count). The zero-order valence-corrected chi connectivity index (χ0v) is 15.7. The number of nitrogens with one attached hydrogen (secondary N) is 2. The van der Waals surface area contributed by atoms with E-state index >= 15 is 0 Å². The predicted octanol–water partition coefficient (Wildman–Crippen LogP) is 2.86. The minimum Gasteiger partial charge on any atom is -0.324 e. The first-order chi connectivity index (χ1) is 12.8. The van der Waals surface area contributed by atoms with Crippen LogP contribution in [-0.4, -0.2) is 40.1 Å².